The Hall–Kier alpha value is -1.64. The van der Waals surface area contributed by atoms with Crippen molar-refractivity contribution in [2.75, 3.05) is 19.6 Å². The van der Waals surface area contributed by atoms with Crippen molar-refractivity contribution >= 4 is 32.3 Å². The van der Waals surface area contributed by atoms with Crippen LogP contribution in [0.15, 0.2) is 54.6 Å². The Morgan fingerprint density at radius 2 is 1.16 bits per heavy atom. The van der Waals surface area contributed by atoms with Crippen molar-refractivity contribution in [3.05, 3.63) is 60.2 Å². The van der Waals surface area contributed by atoms with E-state index < -0.39 is 0 Å². The van der Waals surface area contributed by atoms with E-state index in [1.54, 1.807) is 0 Å². The highest BCUT2D eigenvalue weighted by Crippen LogP contribution is 2.36. The first-order valence-electron chi connectivity index (χ1n) is 9.22. The molecule has 2 heteroatoms. The molecule has 0 atom stereocenters. The van der Waals surface area contributed by atoms with Gasteiger partial charge in [-0.05, 0) is 53.1 Å². The Labute approximate surface area is 160 Å². The highest BCUT2D eigenvalue weighted by Gasteiger charge is 2.23. The summed E-state index contributed by atoms with van der Waals surface area (Å²) < 4.78 is 1.16. The van der Waals surface area contributed by atoms with Gasteiger partial charge in [-0.2, -0.15) is 0 Å². The molecule has 0 saturated carbocycles. The molecule has 0 amide bonds. The lowest BCUT2D eigenvalue weighted by Gasteiger charge is -2.36. The predicted molar refractivity (Wildman–Crippen MR) is 106 cm³/mol. The molecule has 25 heavy (non-hydrogen) atoms. The van der Waals surface area contributed by atoms with Crippen LogP contribution >= 0.6 is 0 Å². The molecule has 0 unspecified atom stereocenters. The molecule has 4 aromatic carbocycles. The maximum Gasteiger partial charge on any atom is 0.105 e. The Morgan fingerprint density at radius 1 is 0.640 bits per heavy atom. The molecule has 0 N–H and O–H groups in total. The first-order chi connectivity index (χ1) is 11.7. The van der Waals surface area contributed by atoms with Crippen LogP contribution < -0.4 is 17.0 Å². The third-order valence-corrected chi connectivity index (χ3v) is 6.14. The molecular formula is C23H26BrN. The van der Waals surface area contributed by atoms with Crippen LogP contribution in [0.25, 0.3) is 32.3 Å². The number of quaternary nitrogens is 1. The van der Waals surface area contributed by atoms with E-state index in [2.05, 4.69) is 75.4 Å². The SMILES string of the molecule is CC[N+](CC)(CC)Cc1ccc2ccc3cccc4ccc1c2c34.[Br-]. The van der Waals surface area contributed by atoms with E-state index in [0.29, 0.717) is 0 Å². The molecule has 0 heterocycles. The number of nitrogens with zero attached hydrogens (tertiary/aromatic N) is 1. The molecule has 1 nitrogen and oxygen atoms in total. The molecule has 0 aliphatic heterocycles. The zero-order valence-corrected chi connectivity index (χ0v) is 16.9. The summed E-state index contributed by atoms with van der Waals surface area (Å²) in [6.07, 6.45) is 0. The van der Waals surface area contributed by atoms with E-state index in [-0.39, 0.29) is 17.0 Å². The second kappa shape index (κ2) is 6.93. The molecule has 0 fully saturated rings. The average molecular weight is 396 g/mol. The number of rotatable bonds is 5. The Kier molecular flexibility index (Phi) is 5.04. The molecule has 4 aromatic rings. The van der Waals surface area contributed by atoms with Gasteiger partial charge >= 0.3 is 0 Å². The summed E-state index contributed by atoms with van der Waals surface area (Å²) in [6, 6.07) is 20.5. The van der Waals surface area contributed by atoms with Gasteiger partial charge in [0, 0.05) is 5.56 Å². The molecule has 130 valence electrons. The number of hydrogen-bond donors (Lipinski definition) is 0. The molecule has 0 aliphatic rings. The fraction of sp³-hybridized carbons (Fsp3) is 0.304. The van der Waals surface area contributed by atoms with Gasteiger partial charge in [0.1, 0.15) is 6.54 Å². The highest BCUT2D eigenvalue weighted by molar-refractivity contribution is 6.23. The summed E-state index contributed by atoms with van der Waals surface area (Å²) >= 11 is 0. The second-order valence-corrected chi connectivity index (χ2v) is 7.03. The minimum atomic E-state index is 0. The lowest BCUT2D eigenvalue weighted by molar-refractivity contribution is -0.936. The van der Waals surface area contributed by atoms with Gasteiger partial charge in [0.25, 0.3) is 0 Å². The van der Waals surface area contributed by atoms with Crippen LogP contribution in [0, 0.1) is 0 Å². The first kappa shape index (κ1) is 18.2. The van der Waals surface area contributed by atoms with Crippen LogP contribution in [-0.4, -0.2) is 24.1 Å². The van der Waals surface area contributed by atoms with Crippen molar-refractivity contribution in [2.24, 2.45) is 0 Å². The second-order valence-electron chi connectivity index (χ2n) is 7.03. The minimum absolute atomic E-state index is 0. The van der Waals surface area contributed by atoms with E-state index >= 15 is 0 Å². The van der Waals surface area contributed by atoms with Gasteiger partial charge in [0.05, 0.1) is 19.6 Å². The lowest BCUT2D eigenvalue weighted by Crippen LogP contribution is -3.00. The third-order valence-electron chi connectivity index (χ3n) is 6.14. The molecule has 0 spiro atoms. The molecule has 0 aliphatic carbocycles. The molecule has 0 aromatic heterocycles. The quantitative estimate of drug-likeness (QED) is 0.360. The van der Waals surface area contributed by atoms with Crippen molar-refractivity contribution in [3.8, 4) is 0 Å². The van der Waals surface area contributed by atoms with Crippen LogP contribution in [0.5, 0.6) is 0 Å². The normalized spacial score (nSPS) is 12.1. The van der Waals surface area contributed by atoms with Crippen LogP contribution in [0.4, 0.5) is 0 Å². The Bertz CT molecular complexity index is 977. The third kappa shape index (κ3) is 2.82. The van der Waals surface area contributed by atoms with Gasteiger partial charge in [0.2, 0.25) is 0 Å². The molecule has 4 rings (SSSR count). The van der Waals surface area contributed by atoms with E-state index in [9.17, 15) is 0 Å². The summed E-state index contributed by atoms with van der Waals surface area (Å²) in [5.74, 6) is 0. The summed E-state index contributed by atoms with van der Waals surface area (Å²) in [5, 5.41) is 8.38. The molecule has 0 radical (unpaired) electrons. The van der Waals surface area contributed by atoms with E-state index in [1.165, 1.54) is 57.5 Å². The van der Waals surface area contributed by atoms with Crippen LogP contribution in [0.2, 0.25) is 0 Å². The smallest absolute Gasteiger partial charge is 0.105 e. The lowest BCUT2D eigenvalue weighted by atomic mass is 9.91. The van der Waals surface area contributed by atoms with Crippen molar-refractivity contribution in [1.29, 1.82) is 0 Å². The van der Waals surface area contributed by atoms with Crippen molar-refractivity contribution in [1.82, 2.24) is 0 Å². The molecular weight excluding hydrogens is 370 g/mol. The predicted octanol–water partition coefficient (Wildman–Crippen LogP) is 2.96. The Balaban J connectivity index is 0.00000182. The van der Waals surface area contributed by atoms with Crippen molar-refractivity contribution in [2.45, 2.75) is 27.3 Å². The maximum atomic E-state index is 2.36. The summed E-state index contributed by atoms with van der Waals surface area (Å²) in [5.41, 5.74) is 1.49. The van der Waals surface area contributed by atoms with Crippen LogP contribution in [0.1, 0.15) is 26.3 Å². The van der Waals surface area contributed by atoms with Crippen LogP contribution in [-0.2, 0) is 6.54 Å². The van der Waals surface area contributed by atoms with E-state index in [1.807, 2.05) is 0 Å². The molecule has 0 saturated heterocycles. The number of hydrogen-bond acceptors (Lipinski definition) is 0. The summed E-state index contributed by atoms with van der Waals surface area (Å²) in [7, 11) is 0. The Morgan fingerprint density at radius 3 is 1.76 bits per heavy atom. The van der Waals surface area contributed by atoms with E-state index in [0.717, 1.165) is 11.0 Å². The van der Waals surface area contributed by atoms with Crippen molar-refractivity contribution < 1.29 is 21.5 Å². The van der Waals surface area contributed by atoms with Gasteiger partial charge in [-0.15, -0.1) is 0 Å². The zero-order valence-electron chi connectivity index (χ0n) is 15.3. The number of benzene rings is 4. The van der Waals surface area contributed by atoms with Gasteiger partial charge in [0.15, 0.2) is 0 Å². The topological polar surface area (TPSA) is 0 Å². The minimum Gasteiger partial charge on any atom is -1.00 e. The monoisotopic (exact) mass is 395 g/mol. The fourth-order valence-electron chi connectivity index (χ4n) is 4.30. The van der Waals surface area contributed by atoms with E-state index in [4.69, 9.17) is 0 Å². The van der Waals surface area contributed by atoms with Gasteiger partial charge in [-0.3, -0.25) is 0 Å². The average Bonchev–Trinajstić information content (AvgIpc) is 2.65. The standard InChI is InChI=1S/C23H26N.BrH/c1-4-24(5-2,6-3)16-20-13-12-19-11-10-17-8-7-9-18-14-15-21(20)23(19)22(17)18;/h7-15H,4-6,16H2,1-3H3;1H/q+1;/p-1. The van der Waals surface area contributed by atoms with Gasteiger partial charge in [-0.1, -0.05) is 54.6 Å². The highest BCUT2D eigenvalue weighted by atomic mass is 79.9. The van der Waals surface area contributed by atoms with Gasteiger partial charge < -0.3 is 21.5 Å². The fourth-order valence-corrected chi connectivity index (χ4v) is 4.30. The molecule has 0 bridgehead atoms. The largest absolute Gasteiger partial charge is 1.00 e. The maximum absolute atomic E-state index is 2.36. The summed E-state index contributed by atoms with van der Waals surface area (Å²) in [6.45, 7) is 11.7. The summed E-state index contributed by atoms with van der Waals surface area (Å²) in [4.78, 5) is 0. The first-order valence-corrected chi connectivity index (χ1v) is 9.22. The van der Waals surface area contributed by atoms with Crippen LogP contribution in [0.3, 0.4) is 0 Å². The van der Waals surface area contributed by atoms with Crippen molar-refractivity contribution in [3.63, 3.8) is 0 Å². The number of halogens is 1. The van der Waals surface area contributed by atoms with Gasteiger partial charge in [-0.25, -0.2) is 0 Å². The zero-order chi connectivity index (χ0) is 16.7.